The third kappa shape index (κ3) is 4.24. The Morgan fingerprint density at radius 1 is 1.10 bits per heavy atom. The van der Waals surface area contributed by atoms with E-state index in [4.69, 9.17) is 4.42 Å². The minimum atomic E-state index is -3.32. The molecule has 1 amide bonds. The van der Waals surface area contributed by atoms with Crippen LogP contribution in [0.4, 0.5) is 6.01 Å². The lowest BCUT2D eigenvalue weighted by atomic mass is 10.2. The van der Waals surface area contributed by atoms with Crippen molar-refractivity contribution in [2.75, 3.05) is 11.6 Å². The fourth-order valence-corrected chi connectivity index (χ4v) is 3.67. The van der Waals surface area contributed by atoms with E-state index in [1.807, 2.05) is 6.07 Å². The molecule has 0 fully saturated rings. The van der Waals surface area contributed by atoms with E-state index < -0.39 is 15.7 Å². The SMILES string of the molecule is Cc1cc(C(=O)Nc2nc(-c3ccccn3)c(C)o2)n(-c2ccc(S(C)(=O)=O)cc2)n1. The number of carbonyl (C=O) groups excluding carboxylic acids is 1. The van der Waals surface area contributed by atoms with Crippen LogP contribution in [-0.4, -0.2) is 40.3 Å². The van der Waals surface area contributed by atoms with Crippen molar-refractivity contribution in [3.05, 3.63) is 71.9 Å². The second-order valence-electron chi connectivity index (χ2n) is 6.94. The zero-order valence-electron chi connectivity index (χ0n) is 17.0. The summed E-state index contributed by atoms with van der Waals surface area (Å²) in [6.07, 6.45) is 2.79. The molecule has 3 heterocycles. The second kappa shape index (κ2) is 7.80. The van der Waals surface area contributed by atoms with Crippen LogP contribution in [0.25, 0.3) is 17.1 Å². The van der Waals surface area contributed by atoms with Crippen LogP contribution in [0.5, 0.6) is 0 Å². The lowest BCUT2D eigenvalue weighted by Gasteiger charge is -2.07. The number of rotatable bonds is 5. The molecular formula is C21H19N5O4S. The fraction of sp³-hybridized carbons (Fsp3) is 0.143. The summed E-state index contributed by atoms with van der Waals surface area (Å²) in [6.45, 7) is 3.50. The molecule has 0 aliphatic heterocycles. The standard InChI is InChI=1S/C21H19N5O4S/c1-13-12-18(26(25-13)15-7-9-16(10-8-15)31(3,28)29)20(27)24-21-23-19(14(2)30-21)17-6-4-5-11-22-17/h4-12H,1-3H3,(H,23,24,27). The van der Waals surface area contributed by atoms with Crippen LogP contribution < -0.4 is 5.32 Å². The maximum absolute atomic E-state index is 12.9. The second-order valence-corrected chi connectivity index (χ2v) is 8.96. The molecule has 0 bridgehead atoms. The number of benzene rings is 1. The van der Waals surface area contributed by atoms with Gasteiger partial charge in [-0.2, -0.15) is 10.1 Å². The van der Waals surface area contributed by atoms with Gasteiger partial charge in [0.25, 0.3) is 5.91 Å². The number of anilines is 1. The highest BCUT2D eigenvalue weighted by Gasteiger charge is 2.20. The van der Waals surface area contributed by atoms with Crippen molar-refractivity contribution in [1.82, 2.24) is 19.7 Å². The van der Waals surface area contributed by atoms with Crippen molar-refractivity contribution in [2.45, 2.75) is 18.7 Å². The number of hydrogen-bond acceptors (Lipinski definition) is 7. The summed E-state index contributed by atoms with van der Waals surface area (Å²) in [5.41, 5.74) is 2.59. The lowest BCUT2D eigenvalue weighted by Crippen LogP contribution is -2.17. The Labute approximate surface area is 178 Å². The molecule has 10 heteroatoms. The summed E-state index contributed by atoms with van der Waals surface area (Å²) in [4.78, 5) is 21.7. The monoisotopic (exact) mass is 437 g/mol. The molecule has 1 N–H and O–H groups in total. The Bertz CT molecular complexity index is 1360. The van der Waals surface area contributed by atoms with Crippen LogP contribution in [0.1, 0.15) is 21.9 Å². The zero-order valence-corrected chi connectivity index (χ0v) is 17.8. The number of carbonyl (C=O) groups is 1. The molecule has 0 unspecified atom stereocenters. The first-order valence-electron chi connectivity index (χ1n) is 9.30. The van der Waals surface area contributed by atoms with Crippen molar-refractivity contribution in [2.24, 2.45) is 0 Å². The number of amides is 1. The minimum Gasteiger partial charge on any atom is -0.428 e. The molecule has 158 valence electrons. The predicted octanol–water partition coefficient (Wildman–Crippen LogP) is 3.19. The van der Waals surface area contributed by atoms with Crippen molar-refractivity contribution in [3.8, 4) is 17.1 Å². The third-order valence-corrected chi connectivity index (χ3v) is 5.63. The van der Waals surface area contributed by atoms with Crippen molar-refractivity contribution < 1.29 is 17.6 Å². The van der Waals surface area contributed by atoms with Crippen LogP contribution in [0.3, 0.4) is 0 Å². The quantitative estimate of drug-likeness (QED) is 0.509. The Kier molecular flexibility index (Phi) is 5.15. The van der Waals surface area contributed by atoms with Gasteiger partial charge in [0, 0.05) is 12.5 Å². The van der Waals surface area contributed by atoms with Crippen molar-refractivity contribution in [3.63, 3.8) is 0 Å². The summed E-state index contributed by atoms with van der Waals surface area (Å²) >= 11 is 0. The van der Waals surface area contributed by atoms with Crippen LogP contribution in [-0.2, 0) is 9.84 Å². The van der Waals surface area contributed by atoms with Crippen molar-refractivity contribution >= 4 is 21.8 Å². The number of sulfone groups is 1. The Hall–Kier alpha value is -3.79. The number of hydrogen-bond donors (Lipinski definition) is 1. The average Bonchev–Trinajstić information content (AvgIpc) is 3.30. The summed E-state index contributed by atoms with van der Waals surface area (Å²) in [5.74, 6) is 0.0525. The molecule has 4 rings (SSSR count). The molecule has 31 heavy (non-hydrogen) atoms. The van der Waals surface area contributed by atoms with Gasteiger partial charge < -0.3 is 4.42 Å². The number of pyridine rings is 1. The van der Waals surface area contributed by atoms with E-state index in [1.54, 1.807) is 50.4 Å². The number of aryl methyl sites for hydroxylation is 2. The van der Waals surface area contributed by atoms with E-state index in [9.17, 15) is 13.2 Å². The maximum Gasteiger partial charge on any atom is 0.302 e. The van der Waals surface area contributed by atoms with Gasteiger partial charge in [-0.3, -0.25) is 15.1 Å². The minimum absolute atomic E-state index is 0.0426. The van der Waals surface area contributed by atoms with Gasteiger partial charge in [0.15, 0.2) is 9.84 Å². The van der Waals surface area contributed by atoms with Gasteiger partial charge in [-0.25, -0.2) is 13.1 Å². The van der Waals surface area contributed by atoms with Gasteiger partial charge in [0.1, 0.15) is 17.1 Å². The van der Waals surface area contributed by atoms with E-state index in [2.05, 4.69) is 20.4 Å². The molecule has 4 aromatic rings. The van der Waals surface area contributed by atoms with Gasteiger partial charge in [0.05, 0.1) is 22.0 Å². The topological polar surface area (TPSA) is 120 Å². The van der Waals surface area contributed by atoms with E-state index in [0.29, 0.717) is 28.5 Å². The van der Waals surface area contributed by atoms with E-state index >= 15 is 0 Å². The number of aromatic nitrogens is 4. The summed E-state index contributed by atoms with van der Waals surface area (Å²) in [5, 5.41) is 7.00. The highest BCUT2D eigenvalue weighted by atomic mass is 32.2. The van der Waals surface area contributed by atoms with Gasteiger partial charge in [-0.1, -0.05) is 6.07 Å². The number of nitrogens with zero attached hydrogens (tertiary/aromatic N) is 4. The van der Waals surface area contributed by atoms with E-state index in [-0.39, 0.29) is 16.6 Å². The predicted molar refractivity (Wildman–Crippen MR) is 114 cm³/mol. The largest absolute Gasteiger partial charge is 0.428 e. The van der Waals surface area contributed by atoms with Crippen LogP contribution in [0.2, 0.25) is 0 Å². The van der Waals surface area contributed by atoms with Gasteiger partial charge in [-0.15, -0.1) is 0 Å². The molecule has 0 radical (unpaired) electrons. The van der Waals surface area contributed by atoms with Crippen LogP contribution >= 0.6 is 0 Å². The first-order chi connectivity index (χ1) is 14.7. The van der Waals surface area contributed by atoms with Gasteiger partial charge in [-0.05, 0) is 56.3 Å². The smallest absolute Gasteiger partial charge is 0.302 e. The Morgan fingerprint density at radius 2 is 1.84 bits per heavy atom. The van der Waals surface area contributed by atoms with Gasteiger partial charge >= 0.3 is 6.01 Å². The first kappa shape index (κ1) is 20.5. The van der Waals surface area contributed by atoms with E-state index in [0.717, 1.165) is 6.26 Å². The normalized spacial score (nSPS) is 11.5. The molecule has 0 aliphatic rings. The molecule has 0 saturated carbocycles. The lowest BCUT2D eigenvalue weighted by molar-refractivity contribution is 0.101. The Balaban J connectivity index is 1.62. The summed E-state index contributed by atoms with van der Waals surface area (Å²) in [6, 6.07) is 13.2. The number of nitrogens with one attached hydrogen (secondary N) is 1. The molecule has 0 saturated heterocycles. The maximum atomic E-state index is 12.9. The highest BCUT2D eigenvalue weighted by Crippen LogP contribution is 2.24. The molecule has 0 spiro atoms. The highest BCUT2D eigenvalue weighted by molar-refractivity contribution is 7.90. The van der Waals surface area contributed by atoms with E-state index in [1.165, 1.54) is 16.8 Å². The summed E-state index contributed by atoms with van der Waals surface area (Å²) in [7, 11) is -3.32. The molecule has 0 aliphatic carbocycles. The zero-order chi connectivity index (χ0) is 22.2. The molecule has 3 aromatic heterocycles. The number of oxazole rings is 1. The van der Waals surface area contributed by atoms with Crippen LogP contribution in [0, 0.1) is 13.8 Å². The van der Waals surface area contributed by atoms with Crippen LogP contribution in [0.15, 0.2) is 64.0 Å². The average molecular weight is 437 g/mol. The van der Waals surface area contributed by atoms with Gasteiger partial charge in [0.2, 0.25) is 0 Å². The fourth-order valence-electron chi connectivity index (χ4n) is 3.04. The van der Waals surface area contributed by atoms with Crippen molar-refractivity contribution in [1.29, 1.82) is 0 Å². The molecule has 1 aromatic carbocycles. The third-order valence-electron chi connectivity index (χ3n) is 4.50. The summed E-state index contributed by atoms with van der Waals surface area (Å²) < 4.78 is 30.4. The first-order valence-corrected chi connectivity index (χ1v) is 11.2. The molecule has 9 nitrogen and oxygen atoms in total. The molecule has 0 atom stereocenters. The molecular weight excluding hydrogens is 418 g/mol. The Morgan fingerprint density at radius 3 is 2.48 bits per heavy atom.